The summed E-state index contributed by atoms with van der Waals surface area (Å²) in [7, 11) is 1.74. The van der Waals surface area contributed by atoms with Crippen LogP contribution in [0.2, 0.25) is 0 Å². The van der Waals surface area contributed by atoms with Crippen molar-refractivity contribution >= 4 is 23.0 Å². The van der Waals surface area contributed by atoms with Crippen molar-refractivity contribution in [1.82, 2.24) is 10.6 Å². The van der Waals surface area contributed by atoms with E-state index in [1.165, 1.54) is 21.9 Å². The lowest BCUT2D eigenvalue weighted by molar-refractivity contribution is 0.580. The van der Waals surface area contributed by atoms with Crippen molar-refractivity contribution in [2.45, 2.75) is 25.9 Å². The van der Waals surface area contributed by atoms with E-state index in [1.54, 1.807) is 18.4 Å². The van der Waals surface area contributed by atoms with E-state index >= 15 is 0 Å². The van der Waals surface area contributed by atoms with E-state index in [9.17, 15) is 8.78 Å². The fraction of sp³-hybridized carbons (Fsp3) is 0.389. The molecule has 7 heteroatoms. The third kappa shape index (κ3) is 4.48. The number of nitrogens with zero attached hydrogens (tertiary/aromatic N) is 2. The van der Waals surface area contributed by atoms with Gasteiger partial charge in [0, 0.05) is 42.0 Å². The largest absolute Gasteiger partial charge is 0.367 e. The van der Waals surface area contributed by atoms with Gasteiger partial charge in [-0.3, -0.25) is 4.99 Å². The van der Waals surface area contributed by atoms with Gasteiger partial charge in [0.2, 0.25) is 0 Å². The van der Waals surface area contributed by atoms with Crippen LogP contribution in [0.3, 0.4) is 0 Å². The Morgan fingerprint density at radius 2 is 2.16 bits per heavy atom. The molecular weight excluding hydrogens is 342 g/mol. The summed E-state index contributed by atoms with van der Waals surface area (Å²) in [6.45, 7) is 4.19. The predicted octanol–water partition coefficient (Wildman–Crippen LogP) is 3.28. The van der Waals surface area contributed by atoms with Crippen LogP contribution in [-0.2, 0) is 6.54 Å². The lowest BCUT2D eigenvalue weighted by Gasteiger charge is -2.20. The molecule has 25 heavy (non-hydrogen) atoms. The SMILES string of the molecule is CN=C(NCc1ccc(C)s1)NC1CCN(c2ccc(F)cc2F)C1. The molecule has 2 heterocycles. The van der Waals surface area contributed by atoms with Gasteiger partial charge in [-0.2, -0.15) is 0 Å². The van der Waals surface area contributed by atoms with E-state index in [2.05, 4.69) is 34.7 Å². The molecule has 0 amide bonds. The van der Waals surface area contributed by atoms with Crippen LogP contribution in [0, 0.1) is 18.6 Å². The number of anilines is 1. The first-order valence-corrected chi connectivity index (χ1v) is 9.09. The van der Waals surface area contributed by atoms with Gasteiger partial charge in [0.05, 0.1) is 12.2 Å². The molecule has 1 atom stereocenters. The zero-order valence-electron chi connectivity index (χ0n) is 14.4. The van der Waals surface area contributed by atoms with Crippen molar-refractivity contribution in [3.05, 3.63) is 51.7 Å². The van der Waals surface area contributed by atoms with Crippen LogP contribution in [0.4, 0.5) is 14.5 Å². The molecule has 1 saturated heterocycles. The number of halogens is 2. The second-order valence-corrected chi connectivity index (χ2v) is 7.48. The normalized spacial score (nSPS) is 17.8. The number of hydrogen-bond donors (Lipinski definition) is 2. The molecule has 1 aromatic heterocycles. The summed E-state index contributed by atoms with van der Waals surface area (Å²) in [5.41, 5.74) is 0.447. The predicted molar refractivity (Wildman–Crippen MR) is 99.4 cm³/mol. The average Bonchev–Trinajstić information content (AvgIpc) is 3.20. The molecule has 0 aliphatic carbocycles. The molecule has 1 unspecified atom stereocenters. The lowest BCUT2D eigenvalue weighted by atomic mass is 10.2. The fourth-order valence-corrected chi connectivity index (χ4v) is 3.80. The Hall–Kier alpha value is -2.15. The molecule has 0 saturated carbocycles. The Morgan fingerprint density at radius 1 is 1.32 bits per heavy atom. The fourth-order valence-electron chi connectivity index (χ4n) is 2.97. The number of aliphatic imine (C=N–C) groups is 1. The Morgan fingerprint density at radius 3 is 2.84 bits per heavy atom. The summed E-state index contributed by atoms with van der Waals surface area (Å²) in [5.74, 6) is -0.336. The van der Waals surface area contributed by atoms with Gasteiger partial charge in [0.15, 0.2) is 5.96 Å². The number of nitrogens with one attached hydrogen (secondary N) is 2. The van der Waals surface area contributed by atoms with Gasteiger partial charge in [0.25, 0.3) is 0 Å². The van der Waals surface area contributed by atoms with E-state index in [0.717, 1.165) is 31.5 Å². The van der Waals surface area contributed by atoms with Crippen LogP contribution in [0.1, 0.15) is 16.2 Å². The molecule has 1 aromatic carbocycles. The second-order valence-electron chi connectivity index (χ2n) is 6.11. The van der Waals surface area contributed by atoms with E-state index < -0.39 is 11.6 Å². The van der Waals surface area contributed by atoms with Gasteiger partial charge in [-0.15, -0.1) is 11.3 Å². The van der Waals surface area contributed by atoms with Crippen LogP contribution in [0.5, 0.6) is 0 Å². The first-order chi connectivity index (χ1) is 12.0. The van der Waals surface area contributed by atoms with Crippen LogP contribution < -0.4 is 15.5 Å². The Bertz CT molecular complexity index is 759. The van der Waals surface area contributed by atoms with Gasteiger partial charge >= 0.3 is 0 Å². The first-order valence-electron chi connectivity index (χ1n) is 8.27. The molecule has 3 rings (SSSR count). The van der Waals surface area contributed by atoms with Gasteiger partial charge in [-0.05, 0) is 37.6 Å². The maximum absolute atomic E-state index is 13.9. The Kier molecular flexibility index (Phi) is 5.53. The number of benzene rings is 1. The van der Waals surface area contributed by atoms with Crippen molar-refractivity contribution in [3.63, 3.8) is 0 Å². The summed E-state index contributed by atoms with van der Waals surface area (Å²) in [4.78, 5) is 8.73. The Labute approximate surface area is 150 Å². The number of rotatable bonds is 4. The zero-order chi connectivity index (χ0) is 17.8. The highest BCUT2D eigenvalue weighted by molar-refractivity contribution is 7.11. The molecule has 1 fully saturated rings. The minimum Gasteiger partial charge on any atom is -0.367 e. The van der Waals surface area contributed by atoms with Gasteiger partial charge in [0.1, 0.15) is 11.6 Å². The molecule has 1 aliphatic rings. The average molecular weight is 364 g/mol. The minimum atomic E-state index is -0.552. The monoisotopic (exact) mass is 364 g/mol. The van der Waals surface area contributed by atoms with Gasteiger partial charge in [-0.25, -0.2) is 8.78 Å². The van der Waals surface area contributed by atoms with Crippen LogP contribution in [-0.4, -0.2) is 32.1 Å². The zero-order valence-corrected chi connectivity index (χ0v) is 15.2. The maximum Gasteiger partial charge on any atom is 0.191 e. The third-order valence-corrected chi connectivity index (χ3v) is 5.23. The molecule has 4 nitrogen and oxygen atoms in total. The standard InChI is InChI=1S/C18H22F2N4S/c1-12-3-5-15(25-12)10-22-18(21-2)23-14-7-8-24(11-14)17-6-4-13(19)9-16(17)20/h3-6,9,14H,7-8,10-11H2,1-2H3,(H2,21,22,23). The number of hydrogen-bond acceptors (Lipinski definition) is 3. The van der Waals surface area contributed by atoms with E-state index in [4.69, 9.17) is 0 Å². The quantitative estimate of drug-likeness (QED) is 0.646. The van der Waals surface area contributed by atoms with Crippen molar-refractivity contribution < 1.29 is 8.78 Å². The van der Waals surface area contributed by atoms with Crippen molar-refractivity contribution in [3.8, 4) is 0 Å². The van der Waals surface area contributed by atoms with Crippen LogP contribution in [0.25, 0.3) is 0 Å². The van der Waals surface area contributed by atoms with Crippen LogP contribution in [0.15, 0.2) is 35.3 Å². The molecule has 134 valence electrons. The topological polar surface area (TPSA) is 39.7 Å². The van der Waals surface area contributed by atoms with Gasteiger partial charge < -0.3 is 15.5 Å². The molecule has 0 spiro atoms. The molecule has 2 aromatic rings. The second kappa shape index (κ2) is 7.82. The summed E-state index contributed by atoms with van der Waals surface area (Å²) >= 11 is 1.76. The summed E-state index contributed by atoms with van der Waals surface area (Å²) < 4.78 is 27.0. The lowest BCUT2D eigenvalue weighted by Crippen LogP contribution is -2.44. The molecular formula is C18H22F2N4S. The van der Waals surface area contributed by atoms with E-state index in [-0.39, 0.29) is 6.04 Å². The molecule has 0 bridgehead atoms. The summed E-state index contributed by atoms with van der Waals surface area (Å²) in [6, 6.07) is 8.10. The first kappa shape index (κ1) is 17.7. The van der Waals surface area contributed by atoms with Crippen molar-refractivity contribution in [2.24, 2.45) is 4.99 Å². The number of guanidine groups is 1. The van der Waals surface area contributed by atoms with Crippen molar-refractivity contribution in [1.29, 1.82) is 0 Å². The smallest absolute Gasteiger partial charge is 0.191 e. The minimum absolute atomic E-state index is 0.167. The molecule has 0 radical (unpaired) electrons. The maximum atomic E-state index is 13.9. The van der Waals surface area contributed by atoms with Gasteiger partial charge in [-0.1, -0.05) is 0 Å². The summed E-state index contributed by atoms with van der Waals surface area (Å²) in [5, 5.41) is 6.69. The Balaban J connectivity index is 1.54. The van der Waals surface area contributed by atoms with Crippen LogP contribution >= 0.6 is 11.3 Å². The molecule has 2 N–H and O–H groups in total. The highest BCUT2D eigenvalue weighted by Gasteiger charge is 2.25. The highest BCUT2D eigenvalue weighted by Crippen LogP contribution is 2.24. The van der Waals surface area contributed by atoms with E-state index in [1.807, 2.05) is 4.90 Å². The van der Waals surface area contributed by atoms with E-state index in [0.29, 0.717) is 12.2 Å². The third-order valence-electron chi connectivity index (χ3n) is 4.23. The number of aryl methyl sites for hydroxylation is 1. The number of thiophene rings is 1. The summed E-state index contributed by atoms with van der Waals surface area (Å²) in [6.07, 6.45) is 0.871. The van der Waals surface area contributed by atoms with Crippen molar-refractivity contribution in [2.75, 3.05) is 25.0 Å². The molecule has 1 aliphatic heterocycles. The highest BCUT2D eigenvalue weighted by atomic mass is 32.1.